The molecule has 34 heavy (non-hydrogen) atoms. The smallest absolute Gasteiger partial charge is 0.326 e. The van der Waals surface area contributed by atoms with E-state index in [1.54, 1.807) is 6.08 Å². The molecule has 1 aromatic carbocycles. The van der Waals surface area contributed by atoms with Crippen LogP contribution in [0.3, 0.4) is 0 Å². The first-order valence-corrected chi connectivity index (χ1v) is 13.4. The SMILES string of the molecule is CCCCCCCCOc1ccc(/C=C2/SC(=S)N([C@@H](CC(C)C)C(=O)O)C2=O)cc1OCC. The highest BCUT2D eigenvalue weighted by Gasteiger charge is 2.40. The van der Waals surface area contributed by atoms with Crippen molar-refractivity contribution in [2.75, 3.05) is 13.2 Å². The predicted molar refractivity (Wildman–Crippen MR) is 142 cm³/mol. The Bertz CT molecular complexity index is 884. The monoisotopic (exact) mass is 507 g/mol. The van der Waals surface area contributed by atoms with E-state index in [0.29, 0.717) is 36.0 Å². The van der Waals surface area contributed by atoms with Gasteiger partial charge in [-0.2, -0.15) is 0 Å². The van der Waals surface area contributed by atoms with Crippen molar-refractivity contribution in [3.05, 3.63) is 28.7 Å². The Balaban J connectivity index is 2.11. The second-order valence-corrected chi connectivity index (χ2v) is 10.5. The molecule has 188 valence electrons. The largest absolute Gasteiger partial charge is 0.490 e. The second-order valence-electron chi connectivity index (χ2n) is 8.79. The van der Waals surface area contributed by atoms with Gasteiger partial charge in [0.2, 0.25) is 0 Å². The summed E-state index contributed by atoms with van der Waals surface area (Å²) in [6.45, 7) is 9.11. The Morgan fingerprint density at radius 2 is 1.82 bits per heavy atom. The highest BCUT2D eigenvalue weighted by atomic mass is 32.2. The summed E-state index contributed by atoms with van der Waals surface area (Å²) in [6.07, 6.45) is 9.24. The number of nitrogens with zero attached hydrogens (tertiary/aromatic N) is 1. The van der Waals surface area contributed by atoms with Crippen LogP contribution < -0.4 is 9.47 Å². The number of unbranched alkanes of at least 4 members (excludes halogenated alkanes) is 5. The summed E-state index contributed by atoms with van der Waals surface area (Å²) < 4.78 is 12.0. The van der Waals surface area contributed by atoms with E-state index < -0.39 is 12.0 Å². The lowest BCUT2D eigenvalue weighted by molar-refractivity contribution is -0.145. The van der Waals surface area contributed by atoms with Gasteiger partial charge in [-0.15, -0.1) is 0 Å². The number of rotatable bonds is 15. The molecule has 1 aliphatic heterocycles. The van der Waals surface area contributed by atoms with E-state index in [9.17, 15) is 14.7 Å². The van der Waals surface area contributed by atoms with Gasteiger partial charge in [0.1, 0.15) is 10.4 Å². The number of hydrogen-bond acceptors (Lipinski definition) is 6. The maximum Gasteiger partial charge on any atom is 0.326 e. The van der Waals surface area contributed by atoms with Gasteiger partial charge in [-0.1, -0.05) is 82.9 Å². The molecular weight excluding hydrogens is 470 g/mol. The molecule has 1 saturated heterocycles. The number of aliphatic carboxylic acids is 1. The van der Waals surface area contributed by atoms with Crippen molar-refractivity contribution < 1.29 is 24.2 Å². The molecule has 6 nitrogen and oxygen atoms in total. The molecule has 0 spiro atoms. The van der Waals surface area contributed by atoms with E-state index in [0.717, 1.165) is 30.2 Å². The van der Waals surface area contributed by atoms with Crippen LogP contribution in [0, 0.1) is 5.92 Å². The first-order chi connectivity index (χ1) is 16.3. The summed E-state index contributed by atoms with van der Waals surface area (Å²) in [5.41, 5.74) is 0.770. The number of amides is 1. The lowest BCUT2D eigenvalue weighted by Gasteiger charge is -2.24. The average molecular weight is 508 g/mol. The molecule has 1 heterocycles. The fourth-order valence-corrected chi connectivity index (χ4v) is 5.09. The van der Waals surface area contributed by atoms with E-state index in [4.69, 9.17) is 21.7 Å². The normalized spacial score (nSPS) is 15.9. The number of hydrogen-bond donors (Lipinski definition) is 1. The van der Waals surface area contributed by atoms with Crippen LogP contribution in [0.4, 0.5) is 0 Å². The third kappa shape index (κ3) is 8.31. The van der Waals surface area contributed by atoms with Gasteiger partial charge in [0, 0.05) is 0 Å². The summed E-state index contributed by atoms with van der Waals surface area (Å²) in [7, 11) is 0. The maximum absolute atomic E-state index is 13.0. The second kappa shape index (κ2) is 14.4. The fraction of sp³-hybridized carbons (Fsp3) is 0.577. The van der Waals surface area contributed by atoms with E-state index in [1.165, 1.54) is 30.6 Å². The number of thioether (sulfide) groups is 1. The third-order valence-corrected chi connectivity index (χ3v) is 6.77. The topological polar surface area (TPSA) is 76.1 Å². The molecule has 1 N–H and O–H groups in total. The molecule has 1 atom stereocenters. The summed E-state index contributed by atoms with van der Waals surface area (Å²) in [5.74, 6) is 0.0115. The number of carboxylic acid groups (broad SMARTS) is 1. The van der Waals surface area contributed by atoms with Gasteiger partial charge >= 0.3 is 5.97 Å². The zero-order valence-corrected chi connectivity index (χ0v) is 22.3. The van der Waals surface area contributed by atoms with Crippen molar-refractivity contribution in [1.82, 2.24) is 4.90 Å². The highest BCUT2D eigenvalue weighted by molar-refractivity contribution is 8.26. The van der Waals surface area contributed by atoms with Crippen LogP contribution in [-0.4, -0.2) is 45.5 Å². The minimum absolute atomic E-state index is 0.118. The Morgan fingerprint density at radius 1 is 1.12 bits per heavy atom. The number of carbonyl (C=O) groups excluding carboxylic acids is 1. The van der Waals surface area contributed by atoms with Crippen LogP contribution in [0.15, 0.2) is 23.1 Å². The van der Waals surface area contributed by atoms with Crippen LogP contribution in [0.2, 0.25) is 0 Å². The van der Waals surface area contributed by atoms with E-state index >= 15 is 0 Å². The molecule has 1 aliphatic rings. The van der Waals surface area contributed by atoms with Gasteiger partial charge in [0.25, 0.3) is 5.91 Å². The molecule has 8 heteroatoms. The minimum atomic E-state index is -1.04. The highest BCUT2D eigenvalue weighted by Crippen LogP contribution is 2.37. The first kappa shape index (κ1) is 28.2. The van der Waals surface area contributed by atoms with Crippen LogP contribution in [0.5, 0.6) is 11.5 Å². The van der Waals surface area contributed by atoms with E-state index in [-0.39, 0.29) is 16.1 Å². The van der Waals surface area contributed by atoms with Crippen LogP contribution >= 0.6 is 24.0 Å². The molecule has 0 aromatic heterocycles. The minimum Gasteiger partial charge on any atom is -0.490 e. The molecule has 1 fully saturated rings. The van der Waals surface area contributed by atoms with Crippen molar-refractivity contribution >= 4 is 46.3 Å². The summed E-state index contributed by atoms with van der Waals surface area (Å²) in [4.78, 5) is 26.5. The van der Waals surface area contributed by atoms with Crippen molar-refractivity contribution in [3.63, 3.8) is 0 Å². The van der Waals surface area contributed by atoms with Gasteiger partial charge in [0.05, 0.1) is 18.1 Å². The number of benzene rings is 1. The van der Waals surface area contributed by atoms with E-state index in [2.05, 4.69) is 6.92 Å². The maximum atomic E-state index is 13.0. The first-order valence-electron chi connectivity index (χ1n) is 12.2. The lowest BCUT2D eigenvalue weighted by atomic mass is 10.0. The van der Waals surface area contributed by atoms with Gasteiger partial charge < -0.3 is 14.6 Å². The molecule has 0 saturated carbocycles. The number of carboxylic acids is 1. The van der Waals surface area contributed by atoms with Gasteiger partial charge in [-0.25, -0.2) is 4.79 Å². The predicted octanol–water partition coefficient (Wildman–Crippen LogP) is 6.53. The van der Waals surface area contributed by atoms with Crippen molar-refractivity contribution in [3.8, 4) is 11.5 Å². The molecule has 2 rings (SSSR count). The Labute approximate surface area is 213 Å². The summed E-state index contributed by atoms with van der Waals surface area (Å²) in [6, 6.07) is 4.60. The Hall–Kier alpha value is -2.06. The van der Waals surface area contributed by atoms with Crippen LogP contribution in [0.25, 0.3) is 6.08 Å². The molecule has 0 unspecified atom stereocenters. The Kier molecular flexibility index (Phi) is 11.9. The average Bonchev–Trinajstić information content (AvgIpc) is 3.05. The molecule has 0 bridgehead atoms. The van der Waals surface area contributed by atoms with Crippen LogP contribution in [-0.2, 0) is 9.59 Å². The third-order valence-electron chi connectivity index (χ3n) is 5.44. The quantitative estimate of drug-likeness (QED) is 0.164. The zero-order valence-electron chi connectivity index (χ0n) is 20.7. The number of ether oxygens (including phenoxy) is 2. The zero-order chi connectivity index (χ0) is 25.1. The van der Waals surface area contributed by atoms with Gasteiger partial charge in [-0.3, -0.25) is 9.69 Å². The summed E-state index contributed by atoms with van der Waals surface area (Å²) in [5, 5.41) is 9.65. The molecule has 0 radical (unpaired) electrons. The standard InChI is InChI=1S/C26H37NO5S2/c1-5-7-8-9-10-11-14-32-21-13-12-19(16-22(21)31-6-2)17-23-24(28)27(26(33)34-23)20(25(29)30)15-18(3)4/h12-13,16-18,20H,5-11,14-15H2,1-4H3,(H,29,30)/b23-17+/t20-/m0/s1. The molecule has 0 aliphatic carbocycles. The van der Waals surface area contributed by atoms with Gasteiger partial charge in [0.15, 0.2) is 11.5 Å². The number of thiocarbonyl (C=S) groups is 1. The van der Waals surface area contributed by atoms with Crippen LogP contribution in [0.1, 0.15) is 78.2 Å². The van der Waals surface area contributed by atoms with Crippen molar-refractivity contribution in [2.24, 2.45) is 5.92 Å². The van der Waals surface area contributed by atoms with Gasteiger partial charge in [-0.05, 0) is 49.5 Å². The Morgan fingerprint density at radius 3 is 2.47 bits per heavy atom. The molecule has 1 amide bonds. The number of carbonyl (C=O) groups is 2. The van der Waals surface area contributed by atoms with E-state index in [1.807, 2.05) is 39.0 Å². The summed E-state index contributed by atoms with van der Waals surface area (Å²) >= 11 is 6.49. The molecule has 1 aromatic rings. The fourth-order valence-electron chi connectivity index (χ4n) is 3.73. The van der Waals surface area contributed by atoms with Crippen molar-refractivity contribution in [1.29, 1.82) is 0 Å². The lowest BCUT2D eigenvalue weighted by Crippen LogP contribution is -2.44. The van der Waals surface area contributed by atoms with Crippen molar-refractivity contribution in [2.45, 2.75) is 78.7 Å². The molecular formula is C26H37NO5S2.